The van der Waals surface area contributed by atoms with E-state index in [9.17, 15) is 0 Å². The summed E-state index contributed by atoms with van der Waals surface area (Å²) in [6, 6.07) is 0. The first-order valence-corrected chi connectivity index (χ1v) is 3.79. The summed E-state index contributed by atoms with van der Waals surface area (Å²) in [5.41, 5.74) is 2.56. The molecule has 1 heterocycles. The molecule has 0 atom stereocenters. The summed E-state index contributed by atoms with van der Waals surface area (Å²) >= 11 is 0. The average molecular weight is 167 g/mol. The lowest BCUT2D eigenvalue weighted by Gasteiger charge is -2.01. The predicted octanol–water partition coefficient (Wildman–Crippen LogP) is 0.655. The highest BCUT2D eigenvalue weighted by atomic mass is 16.3. The van der Waals surface area contributed by atoms with Gasteiger partial charge in [-0.05, 0) is 13.8 Å². The third-order valence-electron chi connectivity index (χ3n) is 1.65. The summed E-state index contributed by atoms with van der Waals surface area (Å²) < 4.78 is 1.73. The van der Waals surface area contributed by atoms with Gasteiger partial charge in [-0.1, -0.05) is 17.4 Å². The van der Waals surface area contributed by atoms with Gasteiger partial charge < -0.3 is 5.11 Å². The molecule has 0 fully saturated rings. The zero-order valence-electron chi connectivity index (χ0n) is 7.41. The molecule has 66 valence electrons. The lowest BCUT2D eigenvalue weighted by Crippen LogP contribution is -2.03. The number of aromatic nitrogens is 3. The van der Waals surface area contributed by atoms with Gasteiger partial charge in [0.1, 0.15) is 5.69 Å². The Kier molecular flexibility index (Phi) is 2.60. The Labute approximate surface area is 71.5 Å². The van der Waals surface area contributed by atoms with Crippen LogP contribution >= 0.6 is 0 Å². The summed E-state index contributed by atoms with van der Waals surface area (Å²) in [4.78, 5) is 0. The van der Waals surface area contributed by atoms with Crippen molar-refractivity contribution in [1.82, 2.24) is 15.0 Å². The molecule has 0 radical (unpaired) electrons. The second-order valence-corrected chi connectivity index (χ2v) is 2.89. The van der Waals surface area contributed by atoms with Crippen LogP contribution in [0.25, 0.3) is 0 Å². The maximum atomic E-state index is 8.83. The van der Waals surface area contributed by atoms with Crippen molar-refractivity contribution >= 4 is 0 Å². The third kappa shape index (κ3) is 1.71. The summed E-state index contributed by atoms with van der Waals surface area (Å²) in [5.74, 6) is 0. The molecule has 1 aromatic rings. The van der Waals surface area contributed by atoms with Crippen molar-refractivity contribution in [3.63, 3.8) is 0 Å². The Bertz CT molecular complexity index is 290. The third-order valence-corrected chi connectivity index (χ3v) is 1.65. The van der Waals surface area contributed by atoms with Crippen LogP contribution in [0.1, 0.15) is 18.3 Å². The minimum Gasteiger partial charge on any atom is -0.390 e. The minimum absolute atomic E-state index is 0.0535. The quantitative estimate of drug-likeness (QED) is 0.673. The Morgan fingerprint density at radius 3 is 2.75 bits per heavy atom. The van der Waals surface area contributed by atoms with Crippen LogP contribution in [0, 0.1) is 6.92 Å². The Morgan fingerprint density at radius 1 is 1.67 bits per heavy atom. The molecule has 0 amide bonds. The van der Waals surface area contributed by atoms with Gasteiger partial charge in [0, 0.05) is 0 Å². The molecule has 0 unspecified atom stereocenters. The Morgan fingerprint density at radius 2 is 2.33 bits per heavy atom. The number of allylic oxidation sites excluding steroid dienone is 1. The van der Waals surface area contributed by atoms with Gasteiger partial charge in [-0.3, -0.25) is 0 Å². The highest BCUT2D eigenvalue weighted by molar-refractivity contribution is 5.07. The standard InChI is InChI=1S/C8H13N3O/c1-6(2)4-11-7(3)8(5-12)9-10-11/h12H,1,4-5H2,2-3H3. The van der Waals surface area contributed by atoms with Crippen LogP contribution in [-0.2, 0) is 13.2 Å². The zero-order chi connectivity index (χ0) is 9.14. The normalized spacial score (nSPS) is 10.2. The smallest absolute Gasteiger partial charge is 0.111 e. The molecule has 4 nitrogen and oxygen atoms in total. The molecule has 0 aromatic carbocycles. The van der Waals surface area contributed by atoms with Crippen molar-refractivity contribution < 1.29 is 5.11 Å². The molecule has 0 aliphatic rings. The molecule has 1 N–H and O–H groups in total. The van der Waals surface area contributed by atoms with Gasteiger partial charge in [-0.25, -0.2) is 4.68 Å². The fourth-order valence-electron chi connectivity index (χ4n) is 0.948. The summed E-state index contributed by atoms with van der Waals surface area (Å²) in [5, 5.41) is 16.5. The van der Waals surface area contributed by atoms with Crippen molar-refractivity contribution in [3.8, 4) is 0 Å². The van der Waals surface area contributed by atoms with Gasteiger partial charge in [0.15, 0.2) is 0 Å². The van der Waals surface area contributed by atoms with E-state index in [0.717, 1.165) is 11.3 Å². The fourth-order valence-corrected chi connectivity index (χ4v) is 0.948. The molecule has 1 rings (SSSR count). The van der Waals surface area contributed by atoms with Crippen LogP contribution in [-0.4, -0.2) is 20.1 Å². The number of rotatable bonds is 3. The maximum absolute atomic E-state index is 8.83. The number of hydrogen-bond donors (Lipinski definition) is 1. The van der Waals surface area contributed by atoms with Gasteiger partial charge in [0.05, 0.1) is 18.8 Å². The van der Waals surface area contributed by atoms with Crippen LogP contribution < -0.4 is 0 Å². The van der Waals surface area contributed by atoms with E-state index >= 15 is 0 Å². The number of nitrogens with zero attached hydrogens (tertiary/aromatic N) is 3. The molecule has 0 saturated carbocycles. The van der Waals surface area contributed by atoms with Crippen LogP contribution in [0.4, 0.5) is 0 Å². The predicted molar refractivity (Wildman–Crippen MR) is 45.5 cm³/mol. The van der Waals surface area contributed by atoms with Gasteiger partial charge in [0.25, 0.3) is 0 Å². The van der Waals surface area contributed by atoms with Crippen molar-refractivity contribution in [2.75, 3.05) is 0 Å². The second-order valence-electron chi connectivity index (χ2n) is 2.89. The molecular formula is C8H13N3O. The van der Waals surface area contributed by atoms with E-state index in [4.69, 9.17) is 5.11 Å². The van der Waals surface area contributed by atoms with E-state index < -0.39 is 0 Å². The van der Waals surface area contributed by atoms with Crippen molar-refractivity contribution in [1.29, 1.82) is 0 Å². The fraction of sp³-hybridized carbons (Fsp3) is 0.500. The lowest BCUT2D eigenvalue weighted by atomic mass is 10.3. The first-order chi connectivity index (χ1) is 5.65. The SMILES string of the molecule is C=C(C)Cn1nnc(CO)c1C. The molecule has 1 aromatic heterocycles. The van der Waals surface area contributed by atoms with Crippen molar-refractivity contribution in [3.05, 3.63) is 23.5 Å². The molecule has 0 aliphatic carbocycles. The van der Waals surface area contributed by atoms with Crippen LogP contribution in [0.5, 0.6) is 0 Å². The topological polar surface area (TPSA) is 50.9 Å². The van der Waals surface area contributed by atoms with Gasteiger partial charge in [-0.2, -0.15) is 0 Å². The van der Waals surface area contributed by atoms with Crippen LogP contribution in [0.15, 0.2) is 12.2 Å². The molecule has 0 aliphatic heterocycles. The highest BCUT2D eigenvalue weighted by Gasteiger charge is 2.05. The number of aliphatic hydroxyl groups excluding tert-OH is 1. The van der Waals surface area contributed by atoms with E-state index in [1.165, 1.54) is 0 Å². The Hall–Kier alpha value is -1.16. The number of hydrogen-bond acceptors (Lipinski definition) is 3. The molecule has 0 spiro atoms. The molecule has 0 saturated heterocycles. The van der Waals surface area contributed by atoms with E-state index in [1.807, 2.05) is 13.8 Å². The lowest BCUT2D eigenvalue weighted by molar-refractivity contribution is 0.276. The maximum Gasteiger partial charge on any atom is 0.111 e. The summed E-state index contributed by atoms with van der Waals surface area (Å²) in [6.45, 7) is 8.20. The van der Waals surface area contributed by atoms with Crippen molar-refractivity contribution in [2.24, 2.45) is 0 Å². The van der Waals surface area contributed by atoms with E-state index in [-0.39, 0.29) is 6.61 Å². The molecule has 12 heavy (non-hydrogen) atoms. The largest absolute Gasteiger partial charge is 0.390 e. The first-order valence-electron chi connectivity index (χ1n) is 3.79. The molecule has 0 bridgehead atoms. The van der Waals surface area contributed by atoms with Crippen LogP contribution in [0.2, 0.25) is 0 Å². The van der Waals surface area contributed by atoms with Gasteiger partial charge in [-0.15, -0.1) is 5.10 Å². The van der Waals surface area contributed by atoms with Crippen LogP contribution in [0.3, 0.4) is 0 Å². The Balaban J connectivity index is 2.87. The summed E-state index contributed by atoms with van der Waals surface area (Å²) in [6.07, 6.45) is 0. The minimum atomic E-state index is -0.0535. The van der Waals surface area contributed by atoms with Gasteiger partial charge in [0.2, 0.25) is 0 Å². The van der Waals surface area contributed by atoms with E-state index in [0.29, 0.717) is 12.2 Å². The first kappa shape index (κ1) is 8.93. The number of aliphatic hydroxyl groups is 1. The monoisotopic (exact) mass is 167 g/mol. The van der Waals surface area contributed by atoms with Gasteiger partial charge >= 0.3 is 0 Å². The highest BCUT2D eigenvalue weighted by Crippen LogP contribution is 2.04. The van der Waals surface area contributed by atoms with E-state index in [2.05, 4.69) is 16.9 Å². The zero-order valence-corrected chi connectivity index (χ0v) is 7.41. The van der Waals surface area contributed by atoms with Crippen molar-refractivity contribution in [2.45, 2.75) is 27.0 Å². The molecule has 4 heteroatoms. The second kappa shape index (κ2) is 3.49. The summed E-state index contributed by atoms with van der Waals surface area (Å²) in [7, 11) is 0. The average Bonchev–Trinajstić information content (AvgIpc) is 2.32. The molecular weight excluding hydrogens is 154 g/mol. The van der Waals surface area contributed by atoms with E-state index in [1.54, 1.807) is 4.68 Å².